The van der Waals surface area contributed by atoms with Crippen molar-refractivity contribution in [3.8, 4) is 11.5 Å². The normalized spacial score (nSPS) is 16.2. The standard InChI is InChI=1S/C34H36Cl6O8/c1-17(2)13-33(7-5-8-33)15-45-29(41)23-25(39)19(35)11-21(37)27(23)47-31(43)32(44)48-28-22(38)12-20(36)26(40)24(28)30(42)46-16-34(9-6-10-34)14-18(3)4/h11-12,17-18H,5-10,13-16H2,1-4H3. The van der Waals surface area contributed by atoms with Gasteiger partial charge in [-0.25, -0.2) is 19.2 Å². The molecule has 14 heteroatoms. The van der Waals surface area contributed by atoms with Crippen molar-refractivity contribution in [2.45, 2.75) is 79.1 Å². The number of rotatable bonds is 12. The molecule has 0 aromatic heterocycles. The minimum absolute atomic E-state index is 0.104. The van der Waals surface area contributed by atoms with Crippen LogP contribution in [-0.2, 0) is 19.1 Å². The number of hydrogen-bond acceptors (Lipinski definition) is 8. The van der Waals surface area contributed by atoms with Crippen molar-refractivity contribution in [3.63, 3.8) is 0 Å². The Bertz CT molecular complexity index is 1480. The Morgan fingerprint density at radius 3 is 1.21 bits per heavy atom. The maximum atomic E-state index is 13.3. The van der Waals surface area contributed by atoms with Crippen molar-refractivity contribution in [1.82, 2.24) is 0 Å². The average molecular weight is 785 g/mol. The zero-order valence-electron chi connectivity index (χ0n) is 26.9. The molecule has 0 radical (unpaired) electrons. The Labute approximate surface area is 309 Å². The molecule has 0 amide bonds. The van der Waals surface area contributed by atoms with Crippen LogP contribution < -0.4 is 9.47 Å². The number of carbonyl (C=O) groups excluding carboxylic acids is 4. The maximum absolute atomic E-state index is 13.3. The Hall–Kier alpha value is -1.94. The molecule has 0 aliphatic heterocycles. The molecule has 48 heavy (non-hydrogen) atoms. The highest BCUT2D eigenvalue weighted by Crippen LogP contribution is 2.48. The van der Waals surface area contributed by atoms with E-state index in [-0.39, 0.29) is 54.2 Å². The van der Waals surface area contributed by atoms with E-state index in [9.17, 15) is 19.2 Å². The van der Waals surface area contributed by atoms with Crippen molar-refractivity contribution in [3.05, 3.63) is 53.4 Å². The highest BCUT2D eigenvalue weighted by molar-refractivity contribution is 6.47. The molecule has 262 valence electrons. The van der Waals surface area contributed by atoms with Crippen LogP contribution in [-0.4, -0.2) is 37.1 Å². The third kappa shape index (κ3) is 8.85. The van der Waals surface area contributed by atoms with Gasteiger partial charge in [0.2, 0.25) is 0 Å². The van der Waals surface area contributed by atoms with Gasteiger partial charge in [0.1, 0.15) is 11.1 Å². The SMILES string of the molecule is CC(C)CC1(COC(=O)c2c(Cl)c(Cl)cc(Cl)c2OC(=O)C(=O)Oc2c(Cl)cc(Cl)c(Cl)c2C(=O)OCC2(CC(C)C)CCC2)CCC1. The summed E-state index contributed by atoms with van der Waals surface area (Å²) in [6.07, 6.45) is 7.29. The van der Waals surface area contributed by atoms with Gasteiger partial charge in [-0.3, -0.25) is 0 Å². The fraction of sp³-hybridized carbons (Fsp3) is 0.529. The van der Waals surface area contributed by atoms with E-state index in [2.05, 4.69) is 27.7 Å². The Morgan fingerprint density at radius 1 is 0.604 bits per heavy atom. The minimum atomic E-state index is -1.63. The first-order valence-corrected chi connectivity index (χ1v) is 17.9. The van der Waals surface area contributed by atoms with Gasteiger partial charge < -0.3 is 18.9 Å². The third-order valence-corrected chi connectivity index (χ3v) is 10.9. The second kappa shape index (κ2) is 15.9. The van der Waals surface area contributed by atoms with Crippen molar-refractivity contribution in [1.29, 1.82) is 0 Å². The lowest BCUT2D eigenvalue weighted by atomic mass is 9.65. The number of benzene rings is 2. The van der Waals surface area contributed by atoms with Crippen molar-refractivity contribution in [2.24, 2.45) is 22.7 Å². The van der Waals surface area contributed by atoms with Gasteiger partial charge in [0.05, 0.1) is 43.3 Å². The second-order valence-corrected chi connectivity index (χ2v) is 15.9. The summed E-state index contributed by atoms with van der Waals surface area (Å²) >= 11 is 37.7. The van der Waals surface area contributed by atoms with Gasteiger partial charge in [-0.15, -0.1) is 0 Å². The van der Waals surface area contributed by atoms with Crippen molar-refractivity contribution < 1.29 is 38.1 Å². The summed E-state index contributed by atoms with van der Waals surface area (Å²) in [5.74, 6) is -5.54. The third-order valence-electron chi connectivity index (χ3n) is 8.75. The number of hydrogen-bond donors (Lipinski definition) is 0. The number of halogens is 6. The molecule has 2 aromatic rings. The zero-order chi connectivity index (χ0) is 35.6. The fourth-order valence-corrected chi connectivity index (χ4v) is 7.91. The largest absolute Gasteiger partial charge is 0.461 e. The first-order valence-electron chi connectivity index (χ1n) is 15.6. The maximum Gasteiger partial charge on any atom is 0.423 e. The van der Waals surface area contributed by atoms with E-state index in [0.717, 1.165) is 63.5 Å². The number of esters is 4. The molecule has 0 atom stereocenters. The highest BCUT2D eigenvalue weighted by Gasteiger charge is 2.41. The summed E-state index contributed by atoms with van der Waals surface area (Å²) in [5.41, 5.74) is -1.25. The molecular formula is C34H36Cl6O8. The predicted molar refractivity (Wildman–Crippen MR) is 186 cm³/mol. The van der Waals surface area contributed by atoms with E-state index in [1.54, 1.807) is 0 Å². The molecule has 2 saturated carbocycles. The van der Waals surface area contributed by atoms with Gasteiger partial charge in [0.15, 0.2) is 11.5 Å². The van der Waals surface area contributed by atoms with E-state index >= 15 is 0 Å². The fourth-order valence-electron chi connectivity index (χ4n) is 6.47. The lowest BCUT2D eigenvalue weighted by Crippen LogP contribution is -2.37. The van der Waals surface area contributed by atoms with Crippen molar-refractivity contribution >= 4 is 93.5 Å². The first kappa shape index (κ1) is 38.9. The molecule has 0 spiro atoms. The minimum Gasteiger partial charge on any atom is -0.461 e. The van der Waals surface area contributed by atoms with Gasteiger partial charge in [-0.1, -0.05) is 110 Å². The molecular weight excluding hydrogens is 749 g/mol. The van der Waals surface area contributed by atoms with Crippen LogP contribution in [0.1, 0.15) is 99.8 Å². The molecule has 2 fully saturated rings. The van der Waals surface area contributed by atoms with E-state index in [1.165, 1.54) is 0 Å². The topological polar surface area (TPSA) is 105 Å². The van der Waals surface area contributed by atoms with Crippen LogP contribution >= 0.6 is 69.6 Å². The van der Waals surface area contributed by atoms with Gasteiger partial charge in [-0.05, 0) is 62.5 Å². The molecule has 2 aliphatic rings. The lowest BCUT2D eigenvalue weighted by molar-refractivity contribution is -0.156. The summed E-state index contributed by atoms with van der Waals surface area (Å²) < 4.78 is 21.7. The van der Waals surface area contributed by atoms with E-state index in [1.807, 2.05) is 0 Å². The summed E-state index contributed by atoms with van der Waals surface area (Å²) in [7, 11) is 0. The average Bonchev–Trinajstić information content (AvgIpc) is 2.96. The van der Waals surface area contributed by atoms with Crippen LogP contribution in [0.5, 0.6) is 11.5 Å². The van der Waals surface area contributed by atoms with Crippen LogP contribution in [0.4, 0.5) is 0 Å². The van der Waals surface area contributed by atoms with Crippen LogP contribution in [0, 0.1) is 22.7 Å². The van der Waals surface area contributed by atoms with E-state index in [0.29, 0.717) is 11.8 Å². The zero-order valence-corrected chi connectivity index (χ0v) is 31.4. The quantitative estimate of drug-likeness (QED) is 0.0907. The van der Waals surface area contributed by atoms with Gasteiger partial charge in [-0.2, -0.15) is 0 Å². The smallest absolute Gasteiger partial charge is 0.423 e. The molecule has 0 unspecified atom stereocenters. The molecule has 2 aliphatic carbocycles. The monoisotopic (exact) mass is 782 g/mol. The van der Waals surface area contributed by atoms with Crippen LogP contribution in [0.2, 0.25) is 30.1 Å². The first-order chi connectivity index (χ1) is 22.5. The molecule has 0 N–H and O–H groups in total. The van der Waals surface area contributed by atoms with Gasteiger partial charge >= 0.3 is 23.9 Å². The summed E-state index contributed by atoms with van der Waals surface area (Å²) in [6.45, 7) is 8.55. The second-order valence-electron chi connectivity index (χ2n) is 13.6. The highest BCUT2D eigenvalue weighted by atomic mass is 35.5. The van der Waals surface area contributed by atoms with E-state index in [4.69, 9.17) is 88.6 Å². The lowest BCUT2D eigenvalue weighted by Gasteiger charge is -2.42. The summed E-state index contributed by atoms with van der Waals surface area (Å²) in [6, 6.07) is 2.28. The van der Waals surface area contributed by atoms with Crippen LogP contribution in [0.25, 0.3) is 0 Å². The molecule has 0 bridgehead atoms. The number of ether oxygens (including phenoxy) is 4. The van der Waals surface area contributed by atoms with Crippen LogP contribution in [0.15, 0.2) is 12.1 Å². The Morgan fingerprint density at radius 2 is 0.938 bits per heavy atom. The van der Waals surface area contributed by atoms with Gasteiger partial charge in [0, 0.05) is 10.8 Å². The molecule has 2 aromatic carbocycles. The molecule has 8 nitrogen and oxygen atoms in total. The van der Waals surface area contributed by atoms with Crippen molar-refractivity contribution in [2.75, 3.05) is 13.2 Å². The van der Waals surface area contributed by atoms with Gasteiger partial charge in [0.25, 0.3) is 0 Å². The number of carbonyl (C=O) groups is 4. The Kier molecular flexibility index (Phi) is 12.9. The predicted octanol–water partition coefficient (Wildman–Crippen LogP) is 10.9. The summed E-state index contributed by atoms with van der Waals surface area (Å²) in [4.78, 5) is 52.8. The molecule has 0 saturated heterocycles. The molecule has 0 heterocycles. The molecule has 4 rings (SSSR count). The Balaban J connectivity index is 1.55. The van der Waals surface area contributed by atoms with Crippen LogP contribution in [0.3, 0.4) is 0 Å². The van der Waals surface area contributed by atoms with E-state index < -0.39 is 46.5 Å². The summed E-state index contributed by atoms with van der Waals surface area (Å²) in [5, 5.41) is -1.43.